The van der Waals surface area contributed by atoms with Gasteiger partial charge in [0.15, 0.2) is 0 Å². The number of hydrogen-bond acceptors (Lipinski definition) is 1. The Morgan fingerprint density at radius 2 is 1.64 bits per heavy atom. The molecule has 0 bridgehead atoms. The molecule has 2 aliphatic rings. The van der Waals surface area contributed by atoms with E-state index in [0.717, 1.165) is 6.61 Å². The van der Waals surface area contributed by atoms with Crippen LogP contribution in [0.2, 0.25) is 0 Å². The number of rotatable bonds is 0. The van der Waals surface area contributed by atoms with Gasteiger partial charge in [0, 0.05) is 0 Å². The monoisotopic (exact) mass is 188 g/mol. The van der Waals surface area contributed by atoms with Gasteiger partial charge in [-0.2, -0.15) is 0 Å². The molecule has 0 saturated carbocycles. The lowest BCUT2D eigenvalue weighted by molar-refractivity contribution is 0.283. The van der Waals surface area contributed by atoms with Crippen molar-refractivity contribution in [1.29, 1.82) is 0 Å². The van der Waals surface area contributed by atoms with Crippen LogP contribution in [0, 0.1) is 0 Å². The average molecular weight is 188 g/mol. The van der Waals surface area contributed by atoms with Crippen LogP contribution in [0.1, 0.15) is 36.0 Å². The first kappa shape index (κ1) is 8.34. The zero-order valence-corrected chi connectivity index (χ0v) is 8.51. The largest absolute Gasteiger partial charge is 0.493 e. The van der Waals surface area contributed by atoms with Gasteiger partial charge in [-0.3, -0.25) is 0 Å². The van der Waals surface area contributed by atoms with E-state index in [2.05, 4.69) is 12.1 Å². The Kier molecular flexibility index (Phi) is 1.97. The van der Waals surface area contributed by atoms with Crippen molar-refractivity contribution in [3.63, 3.8) is 0 Å². The second kappa shape index (κ2) is 3.30. The van der Waals surface area contributed by atoms with Gasteiger partial charge in [0.2, 0.25) is 0 Å². The molecule has 1 aromatic rings. The molecule has 3 rings (SSSR count). The fraction of sp³-hybridized carbons (Fsp3) is 0.538. The van der Waals surface area contributed by atoms with E-state index < -0.39 is 0 Å². The Balaban J connectivity index is 2.12. The summed E-state index contributed by atoms with van der Waals surface area (Å²) in [7, 11) is 0. The molecule has 0 amide bonds. The summed E-state index contributed by atoms with van der Waals surface area (Å²) in [6.45, 7) is 0.920. The minimum atomic E-state index is 0.920. The van der Waals surface area contributed by atoms with E-state index in [1.807, 2.05) is 0 Å². The van der Waals surface area contributed by atoms with Gasteiger partial charge in [-0.25, -0.2) is 0 Å². The van der Waals surface area contributed by atoms with Gasteiger partial charge in [-0.1, -0.05) is 12.1 Å². The van der Waals surface area contributed by atoms with Crippen molar-refractivity contribution in [2.75, 3.05) is 6.61 Å². The third-order valence-electron chi connectivity index (χ3n) is 3.40. The molecule has 1 aliphatic carbocycles. The van der Waals surface area contributed by atoms with Crippen molar-refractivity contribution >= 4 is 0 Å². The molecule has 0 unspecified atom stereocenters. The Labute approximate surface area is 85.1 Å². The molecule has 14 heavy (non-hydrogen) atoms. The van der Waals surface area contributed by atoms with Crippen molar-refractivity contribution < 1.29 is 4.74 Å². The van der Waals surface area contributed by atoms with Crippen LogP contribution in [0.25, 0.3) is 0 Å². The number of aryl methyl sites for hydroxylation is 2. The maximum absolute atomic E-state index is 5.82. The number of ether oxygens (including phenoxy) is 1. The van der Waals surface area contributed by atoms with E-state index in [9.17, 15) is 0 Å². The van der Waals surface area contributed by atoms with Gasteiger partial charge in [0.25, 0.3) is 0 Å². The van der Waals surface area contributed by atoms with Crippen LogP contribution in [0.4, 0.5) is 0 Å². The van der Waals surface area contributed by atoms with Crippen molar-refractivity contribution in [3.8, 4) is 5.75 Å². The molecule has 1 nitrogen and oxygen atoms in total. The minimum Gasteiger partial charge on any atom is -0.493 e. The maximum Gasteiger partial charge on any atom is 0.125 e. The summed E-state index contributed by atoms with van der Waals surface area (Å²) in [5.74, 6) is 1.24. The molecule has 1 heterocycles. The normalized spacial score (nSPS) is 19.4. The molecule has 0 N–H and O–H groups in total. The molecule has 1 aromatic carbocycles. The first-order chi connectivity index (χ1) is 6.95. The molecule has 0 fully saturated rings. The van der Waals surface area contributed by atoms with Crippen LogP contribution in [0.5, 0.6) is 5.75 Å². The SMILES string of the molecule is c1cc2c(c3c1CCCC3)OCCC2. The third-order valence-corrected chi connectivity index (χ3v) is 3.40. The summed E-state index contributed by atoms with van der Waals surface area (Å²) in [5.41, 5.74) is 4.50. The summed E-state index contributed by atoms with van der Waals surface area (Å²) in [6.07, 6.45) is 7.58. The molecular formula is C13H16O. The van der Waals surface area contributed by atoms with Crippen molar-refractivity contribution in [3.05, 3.63) is 28.8 Å². The lowest BCUT2D eigenvalue weighted by Gasteiger charge is -2.25. The summed E-state index contributed by atoms with van der Waals surface area (Å²) in [4.78, 5) is 0. The highest BCUT2D eigenvalue weighted by molar-refractivity contribution is 5.48. The third kappa shape index (κ3) is 1.23. The molecule has 0 aromatic heterocycles. The predicted molar refractivity (Wildman–Crippen MR) is 56.9 cm³/mol. The van der Waals surface area contributed by atoms with Gasteiger partial charge < -0.3 is 4.74 Å². The molecule has 0 atom stereocenters. The smallest absolute Gasteiger partial charge is 0.125 e. The first-order valence-corrected chi connectivity index (χ1v) is 5.71. The van der Waals surface area contributed by atoms with Crippen LogP contribution < -0.4 is 4.74 Å². The van der Waals surface area contributed by atoms with E-state index in [-0.39, 0.29) is 0 Å². The Bertz CT molecular complexity index is 319. The number of benzene rings is 1. The summed E-state index contributed by atoms with van der Waals surface area (Å²) in [5, 5.41) is 0. The lowest BCUT2D eigenvalue weighted by Crippen LogP contribution is -2.13. The maximum atomic E-state index is 5.82. The summed E-state index contributed by atoms with van der Waals surface area (Å²) in [6, 6.07) is 4.60. The standard InChI is InChI=1S/C13H16O/c1-2-6-12-10(4-1)7-8-11-5-3-9-14-13(11)12/h7-8H,1-6,9H2. The molecule has 1 heteroatoms. The summed E-state index contributed by atoms with van der Waals surface area (Å²) >= 11 is 0. The van der Waals surface area contributed by atoms with Crippen molar-refractivity contribution in [2.24, 2.45) is 0 Å². The Morgan fingerprint density at radius 3 is 2.64 bits per heavy atom. The fourth-order valence-corrected chi connectivity index (χ4v) is 2.66. The Morgan fingerprint density at radius 1 is 0.857 bits per heavy atom. The number of hydrogen-bond donors (Lipinski definition) is 0. The molecule has 0 radical (unpaired) electrons. The minimum absolute atomic E-state index is 0.920. The van der Waals surface area contributed by atoms with E-state index in [1.54, 1.807) is 0 Å². The van der Waals surface area contributed by atoms with Gasteiger partial charge in [0.05, 0.1) is 6.61 Å². The molecule has 0 spiro atoms. The topological polar surface area (TPSA) is 9.23 Å². The van der Waals surface area contributed by atoms with Crippen LogP contribution >= 0.6 is 0 Å². The van der Waals surface area contributed by atoms with Gasteiger partial charge in [0.1, 0.15) is 5.75 Å². The predicted octanol–water partition coefficient (Wildman–Crippen LogP) is 2.89. The van der Waals surface area contributed by atoms with Gasteiger partial charge in [-0.05, 0) is 55.2 Å². The first-order valence-electron chi connectivity index (χ1n) is 5.71. The van der Waals surface area contributed by atoms with Crippen molar-refractivity contribution in [1.82, 2.24) is 0 Å². The lowest BCUT2D eigenvalue weighted by atomic mass is 9.88. The quantitative estimate of drug-likeness (QED) is 0.608. The molecule has 1 aliphatic heterocycles. The molecular weight excluding hydrogens is 172 g/mol. The van der Waals surface area contributed by atoms with Gasteiger partial charge >= 0.3 is 0 Å². The highest BCUT2D eigenvalue weighted by Gasteiger charge is 2.19. The van der Waals surface area contributed by atoms with E-state index in [1.165, 1.54) is 61.0 Å². The second-order valence-corrected chi connectivity index (χ2v) is 4.35. The van der Waals surface area contributed by atoms with Gasteiger partial charge in [-0.15, -0.1) is 0 Å². The number of fused-ring (bicyclic) bond motifs is 3. The van der Waals surface area contributed by atoms with E-state index >= 15 is 0 Å². The highest BCUT2D eigenvalue weighted by atomic mass is 16.5. The van der Waals surface area contributed by atoms with Crippen LogP contribution in [-0.2, 0) is 19.3 Å². The molecule has 74 valence electrons. The fourth-order valence-electron chi connectivity index (χ4n) is 2.66. The van der Waals surface area contributed by atoms with Crippen LogP contribution in [0.15, 0.2) is 12.1 Å². The second-order valence-electron chi connectivity index (χ2n) is 4.35. The zero-order chi connectivity index (χ0) is 9.38. The average Bonchev–Trinajstić information content (AvgIpc) is 2.29. The van der Waals surface area contributed by atoms with Crippen molar-refractivity contribution in [2.45, 2.75) is 38.5 Å². The zero-order valence-electron chi connectivity index (χ0n) is 8.51. The summed E-state index contributed by atoms with van der Waals surface area (Å²) < 4.78 is 5.82. The highest BCUT2D eigenvalue weighted by Crippen LogP contribution is 2.35. The Hall–Kier alpha value is -0.980. The van der Waals surface area contributed by atoms with Crippen LogP contribution in [0.3, 0.4) is 0 Å². The molecule has 0 saturated heterocycles. The van der Waals surface area contributed by atoms with E-state index in [0.29, 0.717) is 0 Å². The van der Waals surface area contributed by atoms with E-state index in [4.69, 9.17) is 4.74 Å². The van der Waals surface area contributed by atoms with Crippen LogP contribution in [-0.4, -0.2) is 6.61 Å².